The molecule has 2 aliphatic carbocycles. The molecule has 0 unspecified atom stereocenters. The summed E-state index contributed by atoms with van der Waals surface area (Å²) >= 11 is 0. The second kappa shape index (κ2) is 8.18. The Labute approximate surface area is 159 Å². The highest BCUT2D eigenvalue weighted by atomic mass is 16.5. The average Bonchev–Trinajstić information content (AvgIpc) is 3.09. The molecule has 0 aromatic heterocycles. The Balaban J connectivity index is 1.32. The van der Waals surface area contributed by atoms with Gasteiger partial charge < -0.3 is 14.5 Å². The van der Waals surface area contributed by atoms with Gasteiger partial charge in [0.1, 0.15) is 0 Å². The number of methoxy groups -OCH3 is 1. The molecular weight excluding hydrogens is 324 g/mol. The van der Waals surface area contributed by atoms with Crippen LogP contribution in [0.25, 0.3) is 0 Å². The SMILES string of the molecule is CO[C@@H]1CCC[C@]12CCCN(C(=O)C1CCN(C3CCCCC3)CC1)C2. The summed E-state index contributed by atoms with van der Waals surface area (Å²) in [5.41, 5.74) is 0.255. The van der Waals surface area contributed by atoms with Crippen molar-refractivity contribution in [3.63, 3.8) is 0 Å². The van der Waals surface area contributed by atoms with Crippen molar-refractivity contribution in [3.8, 4) is 0 Å². The van der Waals surface area contributed by atoms with Gasteiger partial charge in [0.2, 0.25) is 5.91 Å². The van der Waals surface area contributed by atoms with Crippen molar-refractivity contribution in [2.75, 3.05) is 33.3 Å². The molecule has 4 heteroatoms. The monoisotopic (exact) mass is 362 g/mol. The highest BCUT2D eigenvalue weighted by molar-refractivity contribution is 5.79. The van der Waals surface area contributed by atoms with Gasteiger partial charge in [0.25, 0.3) is 0 Å². The number of ether oxygens (including phenoxy) is 1. The third-order valence-corrected chi connectivity index (χ3v) is 8.00. The van der Waals surface area contributed by atoms with Crippen molar-refractivity contribution >= 4 is 5.91 Å². The fraction of sp³-hybridized carbons (Fsp3) is 0.955. The molecule has 0 bridgehead atoms. The lowest BCUT2D eigenvalue weighted by molar-refractivity contribution is -0.143. The standard InChI is InChI=1S/C22H38N2O2/c1-26-20-9-5-12-22(20)13-6-14-24(17-22)21(25)18-10-15-23(16-11-18)19-7-3-2-4-8-19/h18-20H,2-17H2,1H3/t20-,22-/m1/s1. The van der Waals surface area contributed by atoms with Crippen molar-refractivity contribution in [2.45, 2.75) is 89.2 Å². The van der Waals surface area contributed by atoms with Crippen LogP contribution >= 0.6 is 0 Å². The van der Waals surface area contributed by atoms with Crippen LogP contribution in [-0.2, 0) is 9.53 Å². The summed E-state index contributed by atoms with van der Waals surface area (Å²) in [6.07, 6.45) is 15.6. The first-order valence-corrected chi connectivity index (χ1v) is 11.3. The molecule has 4 nitrogen and oxygen atoms in total. The molecule has 2 atom stereocenters. The predicted molar refractivity (Wildman–Crippen MR) is 104 cm³/mol. The van der Waals surface area contributed by atoms with Crippen molar-refractivity contribution in [3.05, 3.63) is 0 Å². The quantitative estimate of drug-likeness (QED) is 0.765. The van der Waals surface area contributed by atoms with Crippen LogP contribution in [0, 0.1) is 11.3 Å². The molecule has 26 heavy (non-hydrogen) atoms. The van der Waals surface area contributed by atoms with E-state index in [4.69, 9.17) is 4.74 Å². The Hall–Kier alpha value is -0.610. The van der Waals surface area contributed by atoms with Crippen molar-refractivity contribution in [1.29, 1.82) is 0 Å². The van der Waals surface area contributed by atoms with Crippen molar-refractivity contribution in [2.24, 2.45) is 11.3 Å². The van der Waals surface area contributed by atoms with E-state index in [1.807, 2.05) is 7.11 Å². The first-order chi connectivity index (χ1) is 12.7. The largest absolute Gasteiger partial charge is 0.381 e. The molecule has 148 valence electrons. The minimum absolute atomic E-state index is 0.255. The van der Waals surface area contributed by atoms with E-state index in [-0.39, 0.29) is 11.3 Å². The summed E-state index contributed by atoms with van der Waals surface area (Å²) in [6.45, 7) is 4.20. The Bertz CT molecular complexity index is 483. The van der Waals surface area contributed by atoms with Gasteiger partial charge in [0.05, 0.1) is 6.10 Å². The van der Waals surface area contributed by atoms with E-state index in [9.17, 15) is 4.79 Å². The molecule has 1 amide bonds. The average molecular weight is 363 g/mol. The molecule has 2 aliphatic heterocycles. The Morgan fingerprint density at radius 1 is 0.885 bits per heavy atom. The number of piperidine rings is 2. The molecule has 4 fully saturated rings. The number of nitrogens with zero attached hydrogens (tertiary/aromatic N) is 2. The lowest BCUT2D eigenvalue weighted by Crippen LogP contribution is -2.52. The normalized spacial score (nSPS) is 35.3. The van der Waals surface area contributed by atoms with Gasteiger partial charge in [-0.3, -0.25) is 4.79 Å². The lowest BCUT2D eigenvalue weighted by atomic mass is 9.76. The van der Waals surface area contributed by atoms with Gasteiger partial charge in [-0.1, -0.05) is 25.7 Å². The molecule has 2 saturated carbocycles. The van der Waals surface area contributed by atoms with E-state index < -0.39 is 0 Å². The molecule has 0 aromatic carbocycles. The van der Waals surface area contributed by atoms with Crippen LogP contribution in [0.5, 0.6) is 0 Å². The fourth-order valence-corrected chi connectivity index (χ4v) is 6.51. The van der Waals surface area contributed by atoms with E-state index in [1.54, 1.807) is 0 Å². The van der Waals surface area contributed by atoms with Crippen LogP contribution < -0.4 is 0 Å². The summed E-state index contributed by atoms with van der Waals surface area (Å²) in [6, 6.07) is 0.805. The molecular formula is C22H38N2O2. The molecule has 0 N–H and O–H groups in total. The fourth-order valence-electron chi connectivity index (χ4n) is 6.51. The van der Waals surface area contributed by atoms with Gasteiger partial charge in [0.15, 0.2) is 0 Å². The van der Waals surface area contributed by atoms with Crippen LogP contribution in [0.2, 0.25) is 0 Å². The van der Waals surface area contributed by atoms with Crippen LogP contribution in [0.4, 0.5) is 0 Å². The first-order valence-electron chi connectivity index (χ1n) is 11.3. The molecule has 2 heterocycles. The maximum Gasteiger partial charge on any atom is 0.225 e. The van der Waals surface area contributed by atoms with Gasteiger partial charge in [-0.2, -0.15) is 0 Å². The van der Waals surface area contributed by atoms with Crippen LogP contribution in [0.15, 0.2) is 0 Å². The minimum Gasteiger partial charge on any atom is -0.381 e. The maximum atomic E-state index is 13.2. The number of carbonyl (C=O) groups is 1. The number of hydrogen-bond donors (Lipinski definition) is 0. The minimum atomic E-state index is 0.255. The molecule has 0 aromatic rings. The zero-order valence-corrected chi connectivity index (χ0v) is 16.8. The van der Waals surface area contributed by atoms with Crippen LogP contribution in [0.1, 0.15) is 77.0 Å². The molecule has 4 rings (SSSR count). The molecule has 1 spiro atoms. The topological polar surface area (TPSA) is 32.8 Å². The maximum absolute atomic E-state index is 13.2. The highest BCUT2D eigenvalue weighted by Crippen LogP contribution is 2.46. The highest BCUT2D eigenvalue weighted by Gasteiger charge is 2.47. The summed E-state index contributed by atoms with van der Waals surface area (Å²) in [4.78, 5) is 18.2. The molecule has 2 saturated heterocycles. The van der Waals surface area contributed by atoms with Gasteiger partial charge in [0, 0.05) is 37.6 Å². The number of hydrogen-bond acceptors (Lipinski definition) is 3. The number of rotatable bonds is 3. The zero-order valence-electron chi connectivity index (χ0n) is 16.8. The number of amides is 1. The molecule has 0 radical (unpaired) electrons. The molecule has 4 aliphatic rings. The Kier molecular flexibility index (Phi) is 5.90. The van der Waals surface area contributed by atoms with Crippen LogP contribution in [0.3, 0.4) is 0 Å². The van der Waals surface area contributed by atoms with Crippen LogP contribution in [-0.4, -0.2) is 61.1 Å². The van der Waals surface area contributed by atoms with E-state index in [1.165, 1.54) is 57.8 Å². The number of likely N-dealkylation sites (tertiary alicyclic amines) is 2. The summed E-state index contributed by atoms with van der Waals surface area (Å²) in [7, 11) is 1.86. The summed E-state index contributed by atoms with van der Waals surface area (Å²) in [5.74, 6) is 0.724. The predicted octanol–water partition coefficient (Wildman–Crippen LogP) is 3.84. The lowest BCUT2D eigenvalue weighted by Gasteiger charge is -2.45. The van der Waals surface area contributed by atoms with Gasteiger partial charge in [-0.25, -0.2) is 0 Å². The summed E-state index contributed by atoms with van der Waals surface area (Å²) < 4.78 is 5.81. The first kappa shape index (κ1) is 18.7. The Morgan fingerprint density at radius 3 is 2.35 bits per heavy atom. The second-order valence-electron chi connectivity index (χ2n) is 9.44. The smallest absolute Gasteiger partial charge is 0.225 e. The third kappa shape index (κ3) is 3.69. The van der Waals surface area contributed by atoms with E-state index in [2.05, 4.69) is 9.80 Å². The van der Waals surface area contributed by atoms with E-state index in [0.717, 1.165) is 51.5 Å². The van der Waals surface area contributed by atoms with Crippen molar-refractivity contribution < 1.29 is 9.53 Å². The third-order valence-electron chi connectivity index (χ3n) is 8.00. The summed E-state index contributed by atoms with van der Waals surface area (Å²) in [5, 5.41) is 0. The number of carbonyl (C=O) groups excluding carboxylic acids is 1. The van der Waals surface area contributed by atoms with Crippen molar-refractivity contribution in [1.82, 2.24) is 9.80 Å². The van der Waals surface area contributed by atoms with Gasteiger partial charge in [-0.15, -0.1) is 0 Å². The Morgan fingerprint density at radius 2 is 1.62 bits per heavy atom. The van der Waals surface area contributed by atoms with Gasteiger partial charge in [-0.05, 0) is 64.5 Å². The van der Waals surface area contributed by atoms with E-state index >= 15 is 0 Å². The van der Waals surface area contributed by atoms with Gasteiger partial charge >= 0.3 is 0 Å². The van der Waals surface area contributed by atoms with E-state index in [0.29, 0.717) is 12.0 Å². The zero-order chi connectivity index (χ0) is 18.0. The second-order valence-corrected chi connectivity index (χ2v) is 9.44.